The maximum absolute atomic E-state index is 5.12. The highest BCUT2D eigenvalue weighted by molar-refractivity contribution is 4.21. The van der Waals surface area contributed by atoms with Crippen molar-refractivity contribution in [1.29, 1.82) is 0 Å². The Morgan fingerprint density at radius 1 is 1.80 bits per heavy atom. The van der Waals surface area contributed by atoms with E-state index in [0.29, 0.717) is 0 Å². The zero-order valence-electron chi connectivity index (χ0n) is 3.73. The fraction of sp³-hybridized carbons (Fsp3) is 1.00. The normalized spacial score (nSPS) is 9.60. The van der Waals surface area contributed by atoms with Gasteiger partial charge in [0.1, 0.15) is 0 Å². The van der Waals surface area contributed by atoms with Gasteiger partial charge in [-0.25, -0.2) is 0 Å². The molecule has 0 amide bonds. The first-order valence-corrected chi connectivity index (χ1v) is 1.73. The number of hydrogen-bond acceptors (Lipinski definition) is 2. The van der Waals surface area contributed by atoms with Gasteiger partial charge in [0.25, 0.3) is 0 Å². The van der Waals surface area contributed by atoms with Gasteiger partial charge in [-0.15, -0.1) is 0 Å². The molecule has 0 aliphatic carbocycles. The molecule has 2 nitrogen and oxygen atoms in total. The van der Waals surface area contributed by atoms with Crippen molar-refractivity contribution < 1.29 is 0 Å². The predicted molar refractivity (Wildman–Crippen MR) is 22.5 cm³/mol. The van der Waals surface area contributed by atoms with Crippen molar-refractivity contribution in [2.24, 2.45) is 5.84 Å². The molecule has 0 aromatic heterocycles. The van der Waals surface area contributed by atoms with E-state index in [-0.39, 0.29) is 0 Å². The van der Waals surface area contributed by atoms with E-state index < -0.39 is 0 Å². The second-order valence-corrected chi connectivity index (χ2v) is 1.07. The standard InChI is InChI=1S/C3H10N2/c1-3-5(2)4/h3-4H2,1-2H3. The Morgan fingerprint density at radius 3 is 2.00 bits per heavy atom. The molecule has 0 unspecified atom stereocenters. The van der Waals surface area contributed by atoms with Crippen LogP contribution in [0.25, 0.3) is 0 Å². The molecule has 0 saturated heterocycles. The highest BCUT2D eigenvalue weighted by Gasteiger charge is 1.72. The molecule has 0 rings (SSSR count). The molecule has 0 saturated carbocycles. The fourth-order valence-electron chi connectivity index (χ4n) is 0. The van der Waals surface area contributed by atoms with Crippen LogP contribution in [0.1, 0.15) is 6.92 Å². The molecule has 0 radical (unpaired) electrons. The average Bonchev–Trinajstić information content (AvgIpc) is 1.38. The summed E-state index contributed by atoms with van der Waals surface area (Å²) in [6, 6.07) is 0. The quantitative estimate of drug-likeness (QED) is 0.345. The van der Waals surface area contributed by atoms with Crippen molar-refractivity contribution in [3.63, 3.8) is 0 Å². The van der Waals surface area contributed by atoms with E-state index in [1.165, 1.54) is 0 Å². The molecule has 0 spiro atoms. The van der Waals surface area contributed by atoms with Crippen LogP contribution >= 0.6 is 0 Å². The lowest BCUT2D eigenvalue weighted by atomic mass is 10.8. The zero-order valence-corrected chi connectivity index (χ0v) is 3.73. The largest absolute Gasteiger partial charge is 0.269 e. The van der Waals surface area contributed by atoms with E-state index in [0.717, 1.165) is 6.54 Å². The van der Waals surface area contributed by atoms with Crippen molar-refractivity contribution in [3.8, 4) is 0 Å². The summed E-state index contributed by atoms with van der Waals surface area (Å²) < 4.78 is 0. The summed E-state index contributed by atoms with van der Waals surface area (Å²) >= 11 is 0. The molecule has 0 fully saturated rings. The maximum atomic E-state index is 5.12. The maximum Gasteiger partial charge on any atom is 0.00966 e. The summed E-state index contributed by atoms with van der Waals surface area (Å²) in [4.78, 5) is 0. The summed E-state index contributed by atoms with van der Waals surface area (Å²) in [5.41, 5.74) is 0. The van der Waals surface area contributed by atoms with Gasteiger partial charge in [0.15, 0.2) is 0 Å². The molecule has 0 aromatic rings. The van der Waals surface area contributed by atoms with Crippen LogP contribution in [0.2, 0.25) is 0 Å². The van der Waals surface area contributed by atoms with Gasteiger partial charge in [-0.1, -0.05) is 6.92 Å². The number of hydrazine groups is 1. The molecule has 2 N–H and O–H groups in total. The van der Waals surface area contributed by atoms with E-state index in [2.05, 4.69) is 0 Å². The van der Waals surface area contributed by atoms with E-state index in [1.807, 2.05) is 14.0 Å². The van der Waals surface area contributed by atoms with Crippen molar-refractivity contribution in [1.82, 2.24) is 5.01 Å². The minimum atomic E-state index is 0.917. The molecule has 2 heteroatoms. The van der Waals surface area contributed by atoms with Gasteiger partial charge in [-0.05, 0) is 0 Å². The Kier molecular flexibility index (Phi) is 2.14. The Bertz CT molecular complexity index is 18.9. The third-order valence-corrected chi connectivity index (χ3v) is 0.499. The van der Waals surface area contributed by atoms with Gasteiger partial charge in [-0.2, -0.15) is 0 Å². The lowest BCUT2D eigenvalue weighted by Crippen LogP contribution is -2.24. The van der Waals surface area contributed by atoms with Crippen LogP contribution in [-0.2, 0) is 0 Å². The molecule has 5 heavy (non-hydrogen) atoms. The van der Waals surface area contributed by atoms with Crippen molar-refractivity contribution >= 4 is 0 Å². The smallest absolute Gasteiger partial charge is 0.00966 e. The van der Waals surface area contributed by atoms with Gasteiger partial charge in [-0.3, -0.25) is 10.9 Å². The number of rotatable bonds is 1. The summed E-state index contributed by atoms with van der Waals surface area (Å²) in [6.45, 7) is 2.92. The molecule has 32 valence electrons. The minimum absolute atomic E-state index is 0.917. The third-order valence-electron chi connectivity index (χ3n) is 0.499. The molecule has 0 heterocycles. The van der Waals surface area contributed by atoms with Gasteiger partial charge >= 0.3 is 0 Å². The zero-order chi connectivity index (χ0) is 4.28. The van der Waals surface area contributed by atoms with Crippen LogP contribution in [0.4, 0.5) is 0 Å². The first-order valence-electron chi connectivity index (χ1n) is 1.73. The van der Waals surface area contributed by atoms with Crippen molar-refractivity contribution in [3.05, 3.63) is 0 Å². The van der Waals surface area contributed by atoms with Crippen LogP contribution in [0.5, 0.6) is 0 Å². The van der Waals surface area contributed by atoms with Gasteiger partial charge in [0.2, 0.25) is 0 Å². The Labute approximate surface area is 32.5 Å². The SMILES string of the molecule is CCN(C)N. The van der Waals surface area contributed by atoms with Gasteiger partial charge in [0.05, 0.1) is 0 Å². The lowest BCUT2D eigenvalue weighted by Gasteiger charge is -2.00. The molecule has 0 bridgehead atoms. The number of nitrogens with two attached hydrogens (primary N) is 1. The third kappa shape index (κ3) is 3.92. The summed E-state index contributed by atoms with van der Waals surface area (Å²) in [6.07, 6.45) is 0. The molecular weight excluding hydrogens is 64.0 g/mol. The Hall–Kier alpha value is -0.0800. The number of hydrogen-bond donors (Lipinski definition) is 1. The monoisotopic (exact) mass is 74.1 g/mol. The summed E-state index contributed by atoms with van der Waals surface area (Å²) in [7, 11) is 1.83. The highest BCUT2D eigenvalue weighted by Crippen LogP contribution is 1.57. The van der Waals surface area contributed by atoms with Crippen molar-refractivity contribution in [2.75, 3.05) is 13.6 Å². The predicted octanol–water partition coefficient (Wildman–Crippen LogP) is -0.188. The Morgan fingerprint density at radius 2 is 2.00 bits per heavy atom. The molecule has 0 aliphatic rings. The van der Waals surface area contributed by atoms with Crippen LogP contribution in [0.15, 0.2) is 0 Å². The minimum Gasteiger partial charge on any atom is -0.269 e. The average molecular weight is 74.1 g/mol. The van der Waals surface area contributed by atoms with Gasteiger partial charge < -0.3 is 0 Å². The van der Waals surface area contributed by atoms with Crippen LogP contribution in [0, 0.1) is 0 Å². The topological polar surface area (TPSA) is 29.3 Å². The highest BCUT2D eigenvalue weighted by atomic mass is 15.4. The van der Waals surface area contributed by atoms with Crippen molar-refractivity contribution in [2.45, 2.75) is 6.92 Å². The van der Waals surface area contributed by atoms with E-state index in [9.17, 15) is 0 Å². The Balaban J connectivity index is 2.54. The second kappa shape index (κ2) is 2.18. The first kappa shape index (κ1) is 4.92. The van der Waals surface area contributed by atoms with Crippen LogP contribution in [-0.4, -0.2) is 18.6 Å². The molecule has 0 atom stereocenters. The van der Waals surface area contributed by atoms with E-state index in [4.69, 9.17) is 5.84 Å². The van der Waals surface area contributed by atoms with Crippen LogP contribution in [0.3, 0.4) is 0 Å². The van der Waals surface area contributed by atoms with Crippen LogP contribution < -0.4 is 5.84 Å². The first-order chi connectivity index (χ1) is 2.27. The molecule has 0 aromatic carbocycles. The van der Waals surface area contributed by atoms with E-state index >= 15 is 0 Å². The fourth-order valence-corrected chi connectivity index (χ4v) is 0. The lowest BCUT2D eigenvalue weighted by molar-refractivity contribution is 0.370. The molecular formula is C3H10N2. The summed E-state index contributed by atoms with van der Waals surface area (Å²) in [5, 5.41) is 1.62. The molecule has 0 aliphatic heterocycles. The summed E-state index contributed by atoms with van der Waals surface area (Å²) in [5.74, 6) is 5.12. The number of nitrogens with zero attached hydrogens (tertiary/aromatic N) is 1. The van der Waals surface area contributed by atoms with E-state index in [1.54, 1.807) is 5.01 Å². The second-order valence-electron chi connectivity index (χ2n) is 1.07. The van der Waals surface area contributed by atoms with Gasteiger partial charge in [0, 0.05) is 13.6 Å².